The van der Waals surface area contributed by atoms with Gasteiger partial charge >= 0.3 is 0 Å². The van der Waals surface area contributed by atoms with Crippen molar-refractivity contribution in [3.05, 3.63) is 41.5 Å². The largest absolute Gasteiger partial charge is 0.492 e. The van der Waals surface area contributed by atoms with E-state index in [0.717, 1.165) is 44.4 Å². The maximum Gasteiger partial charge on any atom is 0.290 e. The van der Waals surface area contributed by atoms with E-state index in [2.05, 4.69) is 32.1 Å². The molecular formula is C23H31N5O4. The van der Waals surface area contributed by atoms with Crippen LogP contribution in [-0.2, 0) is 17.8 Å². The van der Waals surface area contributed by atoms with Crippen LogP contribution in [0.25, 0.3) is 0 Å². The second-order valence-corrected chi connectivity index (χ2v) is 8.53. The number of nitrogens with two attached hydrogens (primary N) is 1. The predicted molar refractivity (Wildman–Crippen MR) is 117 cm³/mol. The number of aryl methyl sites for hydroxylation is 1. The first-order valence-electron chi connectivity index (χ1n) is 11.4. The molecule has 3 heterocycles. The lowest BCUT2D eigenvalue weighted by Crippen LogP contribution is -2.44. The quantitative estimate of drug-likeness (QED) is 0.776. The van der Waals surface area contributed by atoms with Gasteiger partial charge in [-0.05, 0) is 62.8 Å². The van der Waals surface area contributed by atoms with Crippen LogP contribution >= 0.6 is 0 Å². The highest BCUT2D eigenvalue weighted by molar-refractivity contribution is 5.88. The van der Waals surface area contributed by atoms with E-state index in [1.54, 1.807) is 0 Å². The number of aromatic nitrogens is 2. The van der Waals surface area contributed by atoms with Gasteiger partial charge in [-0.25, -0.2) is 0 Å². The highest BCUT2D eigenvalue weighted by atomic mass is 16.5. The molecule has 2 amide bonds. The minimum absolute atomic E-state index is 0.127. The zero-order chi connectivity index (χ0) is 22.3. The van der Waals surface area contributed by atoms with Gasteiger partial charge in [0, 0.05) is 25.6 Å². The molecule has 2 N–H and O–H groups in total. The maximum atomic E-state index is 13.0. The summed E-state index contributed by atoms with van der Waals surface area (Å²) in [6.07, 6.45) is 6.51. The molecule has 0 spiro atoms. The molecule has 0 saturated carbocycles. The van der Waals surface area contributed by atoms with Crippen LogP contribution in [0.15, 0.2) is 28.8 Å². The number of primary amides is 1. The van der Waals surface area contributed by atoms with Crippen molar-refractivity contribution >= 4 is 11.8 Å². The Morgan fingerprint density at radius 3 is 2.88 bits per heavy atom. The SMILES string of the molecule is NC(=O)c1noc(CN2CCCC(=O)N3CCCCC3CCc3cccc(c3)OCC2)n1. The first kappa shape index (κ1) is 22.3. The van der Waals surface area contributed by atoms with Crippen LogP contribution in [0.5, 0.6) is 5.75 Å². The Morgan fingerprint density at radius 2 is 2.03 bits per heavy atom. The number of carbonyl (C=O) groups excluding carboxylic acids is 2. The Hall–Kier alpha value is -2.94. The number of hydrogen-bond acceptors (Lipinski definition) is 7. The fraction of sp³-hybridized carbons (Fsp3) is 0.565. The third-order valence-electron chi connectivity index (χ3n) is 6.20. The summed E-state index contributed by atoms with van der Waals surface area (Å²) in [7, 11) is 0. The van der Waals surface area contributed by atoms with Crippen LogP contribution in [0.2, 0.25) is 0 Å². The molecule has 2 bridgehead atoms. The first-order valence-corrected chi connectivity index (χ1v) is 11.4. The van der Waals surface area contributed by atoms with Gasteiger partial charge in [-0.2, -0.15) is 4.98 Å². The third-order valence-corrected chi connectivity index (χ3v) is 6.20. The van der Waals surface area contributed by atoms with Crippen LogP contribution in [0, 0.1) is 0 Å². The highest BCUT2D eigenvalue weighted by Crippen LogP contribution is 2.24. The van der Waals surface area contributed by atoms with Gasteiger partial charge in [-0.15, -0.1) is 0 Å². The molecule has 9 nitrogen and oxygen atoms in total. The molecular weight excluding hydrogens is 410 g/mol. The fourth-order valence-corrected chi connectivity index (χ4v) is 4.52. The Kier molecular flexibility index (Phi) is 7.36. The molecule has 1 saturated heterocycles. The number of benzene rings is 1. The van der Waals surface area contributed by atoms with Gasteiger partial charge < -0.3 is 19.9 Å². The second-order valence-electron chi connectivity index (χ2n) is 8.53. The molecule has 1 atom stereocenters. The summed E-state index contributed by atoms with van der Waals surface area (Å²) in [4.78, 5) is 32.5. The molecule has 4 rings (SSSR count). The number of rotatable bonds is 3. The van der Waals surface area contributed by atoms with Crippen LogP contribution in [0.4, 0.5) is 0 Å². The molecule has 1 aromatic heterocycles. The summed E-state index contributed by atoms with van der Waals surface area (Å²) < 4.78 is 11.2. The summed E-state index contributed by atoms with van der Waals surface area (Å²) in [5, 5.41) is 3.61. The normalized spacial score (nSPS) is 21.2. The van der Waals surface area contributed by atoms with Gasteiger partial charge in [0.1, 0.15) is 12.4 Å². The predicted octanol–water partition coefficient (Wildman–Crippen LogP) is 2.16. The fourth-order valence-electron chi connectivity index (χ4n) is 4.52. The summed E-state index contributed by atoms with van der Waals surface area (Å²) >= 11 is 0. The van der Waals surface area contributed by atoms with E-state index < -0.39 is 5.91 Å². The van der Waals surface area contributed by atoms with E-state index in [4.69, 9.17) is 15.0 Å². The Balaban J connectivity index is 1.47. The number of ether oxygens (including phenoxy) is 1. The first-order chi connectivity index (χ1) is 15.6. The minimum Gasteiger partial charge on any atom is -0.492 e. The lowest BCUT2D eigenvalue weighted by molar-refractivity contribution is -0.135. The Labute approximate surface area is 187 Å². The van der Waals surface area contributed by atoms with Crippen molar-refractivity contribution in [1.82, 2.24) is 19.9 Å². The maximum absolute atomic E-state index is 13.0. The smallest absolute Gasteiger partial charge is 0.290 e. The lowest BCUT2D eigenvalue weighted by Gasteiger charge is -2.36. The molecule has 1 unspecified atom stereocenters. The number of nitrogens with zero attached hydrogens (tertiary/aromatic N) is 4. The van der Waals surface area contributed by atoms with Crippen molar-refractivity contribution in [3.63, 3.8) is 0 Å². The average molecular weight is 442 g/mol. The topological polar surface area (TPSA) is 115 Å². The van der Waals surface area contributed by atoms with Crippen molar-refractivity contribution in [1.29, 1.82) is 0 Å². The van der Waals surface area contributed by atoms with Crippen molar-refractivity contribution in [3.8, 4) is 5.75 Å². The van der Waals surface area contributed by atoms with Gasteiger partial charge in [-0.1, -0.05) is 17.3 Å². The number of hydrogen-bond donors (Lipinski definition) is 1. The Bertz CT molecular complexity index is 931. The monoisotopic (exact) mass is 441 g/mol. The second kappa shape index (κ2) is 10.6. The zero-order valence-corrected chi connectivity index (χ0v) is 18.4. The summed E-state index contributed by atoms with van der Waals surface area (Å²) in [6, 6.07) is 8.52. The molecule has 32 heavy (non-hydrogen) atoms. The van der Waals surface area contributed by atoms with Crippen LogP contribution in [0.3, 0.4) is 0 Å². The van der Waals surface area contributed by atoms with Crippen LogP contribution in [-0.4, -0.2) is 64.0 Å². The summed E-state index contributed by atoms with van der Waals surface area (Å²) in [6.45, 7) is 3.02. The molecule has 2 aromatic rings. The van der Waals surface area contributed by atoms with E-state index in [-0.39, 0.29) is 11.7 Å². The van der Waals surface area contributed by atoms with E-state index in [1.165, 1.54) is 12.0 Å². The van der Waals surface area contributed by atoms with E-state index in [1.807, 2.05) is 12.1 Å². The van der Waals surface area contributed by atoms with Crippen LogP contribution < -0.4 is 10.5 Å². The number of amides is 2. The molecule has 1 fully saturated rings. The number of piperidine rings is 1. The third kappa shape index (κ3) is 5.85. The van der Waals surface area contributed by atoms with Gasteiger partial charge in [0.25, 0.3) is 11.7 Å². The van der Waals surface area contributed by atoms with Gasteiger partial charge in [0.15, 0.2) is 0 Å². The molecule has 1 aromatic carbocycles. The number of fused-ring (bicyclic) bond motifs is 3. The van der Waals surface area contributed by atoms with Crippen molar-refractivity contribution in [2.24, 2.45) is 5.73 Å². The lowest BCUT2D eigenvalue weighted by atomic mass is 9.95. The molecule has 2 aliphatic heterocycles. The molecule has 2 aliphatic rings. The molecule has 9 heteroatoms. The molecule has 0 radical (unpaired) electrons. The van der Waals surface area contributed by atoms with Gasteiger partial charge in [0.2, 0.25) is 11.8 Å². The van der Waals surface area contributed by atoms with E-state index >= 15 is 0 Å². The van der Waals surface area contributed by atoms with Crippen molar-refractivity contribution in [2.75, 3.05) is 26.2 Å². The molecule has 172 valence electrons. The van der Waals surface area contributed by atoms with E-state index in [9.17, 15) is 9.59 Å². The summed E-state index contributed by atoms with van der Waals surface area (Å²) in [5.41, 5.74) is 6.45. The molecule has 0 aliphatic carbocycles. The van der Waals surface area contributed by atoms with Gasteiger partial charge in [-0.3, -0.25) is 14.5 Å². The zero-order valence-electron chi connectivity index (χ0n) is 18.4. The average Bonchev–Trinajstić information content (AvgIpc) is 3.26. The minimum atomic E-state index is -0.720. The standard InChI is InChI=1S/C23H31N5O4/c24-22(30)23-25-20(32-26-23)16-27-11-4-8-21(29)28-12-2-1-6-18(28)10-9-17-5-3-7-19(15-17)31-14-13-27/h3,5,7,15,18H,1-2,4,6,8-14,16H2,(H2,24,30). The highest BCUT2D eigenvalue weighted by Gasteiger charge is 2.26. The van der Waals surface area contributed by atoms with Crippen molar-refractivity contribution in [2.45, 2.75) is 57.5 Å². The summed E-state index contributed by atoms with van der Waals surface area (Å²) in [5.74, 6) is 0.562. The van der Waals surface area contributed by atoms with Crippen molar-refractivity contribution < 1.29 is 18.8 Å². The van der Waals surface area contributed by atoms with Crippen LogP contribution in [0.1, 0.15) is 60.6 Å². The number of carbonyl (C=O) groups is 2. The van der Waals surface area contributed by atoms with E-state index in [0.29, 0.717) is 44.6 Å². The van der Waals surface area contributed by atoms with Gasteiger partial charge in [0.05, 0.1) is 6.54 Å². The Morgan fingerprint density at radius 1 is 1.12 bits per heavy atom.